The largest absolute Gasteiger partial charge is 0.488 e. The van der Waals surface area contributed by atoms with Gasteiger partial charge in [-0.25, -0.2) is 13.2 Å². The smallest absolute Gasteiger partial charge is 0.165 e. The predicted molar refractivity (Wildman–Crippen MR) is 65.2 cm³/mol. The number of hydrogen-bond acceptors (Lipinski definition) is 2. The van der Waals surface area contributed by atoms with Crippen molar-refractivity contribution < 1.29 is 17.9 Å². The van der Waals surface area contributed by atoms with Gasteiger partial charge in [0, 0.05) is 6.07 Å². The van der Waals surface area contributed by atoms with Crippen molar-refractivity contribution in [2.75, 3.05) is 6.61 Å². The Morgan fingerprint density at radius 1 is 1.00 bits per heavy atom. The summed E-state index contributed by atoms with van der Waals surface area (Å²) >= 11 is 0. The number of halogens is 3. The standard InChI is InChI=1S/C14H12F3NO/c15-10-3-1-2-9(6-10)13(18)8-19-14-7-11(16)4-5-12(14)17/h1-7,13H,8,18H2. The van der Waals surface area contributed by atoms with E-state index in [9.17, 15) is 13.2 Å². The van der Waals surface area contributed by atoms with Crippen LogP contribution in [0.25, 0.3) is 0 Å². The molecule has 0 aliphatic carbocycles. The molecule has 0 saturated heterocycles. The second kappa shape index (κ2) is 5.75. The minimum Gasteiger partial charge on any atom is -0.488 e. The molecule has 0 heterocycles. The molecule has 5 heteroatoms. The highest BCUT2D eigenvalue weighted by Crippen LogP contribution is 2.20. The second-order valence-corrected chi connectivity index (χ2v) is 4.05. The Morgan fingerprint density at radius 2 is 1.74 bits per heavy atom. The first-order valence-corrected chi connectivity index (χ1v) is 5.65. The minimum absolute atomic E-state index is 0.0795. The van der Waals surface area contributed by atoms with Crippen molar-refractivity contribution in [1.29, 1.82) is 0 Å². The van der Waals surface area contributed by atoms with Crippen LogP contribution in [0.4, 0.5) is 13.2 Å². The van der Waals surface area contributed by atoms with Gasteiger partial charge in [-0.3, -0.25) is 0 Å². The maximum atomic E-state index is 13.3. The van der Waals surface area contributed by atoms with Crippen molar-refractivity contribution in [2.45, 2.75) is 6.04 Å². The fraction of sp³-hybridized carbons (Fsp3) is 0.143. The summed E-state index contributed by atoms with van der Waals surface area (Å²) in [5, 5.41) is 0. The van der Waals surface area contributed by atoms with Gasteiger partial charge in [0.25, 0.3) is 0 Å². The lowest BCUT2D eigenvalue weighted by Gasteiger charge is -2.14. The zero-order chi connectivity index (χ0) is 13.8. The monoisotopic (exact) mass is 267 g/mol. The normalized spacial score (nSPS) is 12.2. The molecule has 2 aromatic carbocycles. The molecule has 0 fully saturated rings. The van der Waals surface area contributed by atoms with Crippen molar-refractivity contribution in [2.24, 2.45) is 5.73 Å². The number of ether oxygens (including phenoxy) is 1. The number of benzene rings is 2. The number of hydrogen-bond donors (Lipinski definition) is 1. The first-order chi connectivity index (χ1) is 9.06. The van der Waals surface area contributed by atoms with Gasteiger partial charge in [-0.1, -0.05) is 12.1 Å². The lowest BCUT2D eigenvalue weighted by Crippen LogP contribution is -2.19. The van der Waals surface area contributed by atoms with Crippen molar-refractivity contribution in [1.82, 2.24) is 0 Å². The van der Waals surface area contributed by atoms with E-state index < -0.39 is 23.5 Å². The molecule has 1 atom stereocenters. The van der Waals surface area contributed by atoms with Crippen LogP contribution in [0, 0.1) is 17.5 Å². The number of nitrogens with two attached hydrogens (primary N) is 1. The third kappa shape index (κ3) is 3.48. The van der Waals surface area contributed by atoms with Gasteiger partial charge in [0.05, 0.1) is 6.04 Å². The average Bonchev–Trinajstić information content (AvgIpc) is 2.39. The lowest BCUT2D eigenvalue weighted by molar-refractivity contribution is 0.275. The van der Waals surface area contributed by atoms with Gasteiger partial charge in [-0.05, 0) is 29.8 Å². The Bertz CT molecular complexity index is 574. The van der Waals surface area contributed by atoms with Crippen LogP contribution < -0.4 is 10.5 Å². The van der Waals surface area contributed by atoms with Crippen LogP contribution in [0.1, 0.15) is 11.6 Å². The topological polar surface area (TPSA) is 35.2 Å². The van der Waals surface area contributed by atoms with Gasteiger partial charge in [0.15, 0.2) is 11.6 Å². The Morgan fingerprint density at radius 3 is 2.47 bits per heavy atom. The third-order valence-corrected chi connectivity index (χ3v) is 2.59. The number of rotatable bonds is 4. The van der Waals surface area contributed by atoms with E-state index in [0.717, 1.165) is 18.2 Å². The van der Waals surface area contributed by atoms with Crippen molar-refractivity contribution >= 4 is 0 Å². The highest BCUT2D eigenvalue weighted by molar-refractivity contribution is 5.25. The van der Waals surface area contributed by atoms with Crippen LogP contribution in [0.2, 0.25) is 0 Å². The minimum atomic E-state index is -0.673. The Kier molecular flexibility index (Phi) is 4.06. The summed E-state index contributed by atoms with van der Waals surface area (Å²) in [5.41, 5.74) is 6.32. The van der Waals surface area contributed by atoms with E-state index >= 15 is 0 Å². The predicted octanol–water partition coefficient (Wildman–Crippen LogP) is 3.18. The summed E-state index contributed by atoms with van der Waals surface area (Å²) in [7, 11) is 0. The van der Waals surface area contributed by atoms with Gasteiger partial charge in [-0.2, -0.15) is 0 Å². The molecule has 0 bridgehead atoms. The van der Waals surface area contributed by atoms with Gasteiger partial charge in [0.2, 0.25) is 0 Å². The molecular formula is C14H12F3NO. The van der Waals surface area contributed by atoms with Crippen LogP contribution in [0.15, 0.2) is 42.5 Å². The van der Waals surface area contributed by atoms with E-state index in [2.05, 4.69) is 0 Å². The highest BCUT2D eigenvalue weighted by Gasteiger charge is 2.10. The average molecular weight is 267 g/mol. The highest BCUT2D eigenvalue weighted by atomic mass is 19.1. The molecule has 2 nitrogen and oxygen atoms in total. The van der Waals surface area contributed by atoms with Gasteiger partial charge in [-0.15, -0.1) is 0 Å². The van der Waals surface area contributed by atoms with E-state index in [1.807, 2.05) is 0 Å². The lowest BCUT2D eigenvalue weighted by atomic mass is 10.1. The van der Waals surface area contributed by atoms with E-state index in [0.29, 0.717) is 5.56 Å². The maximum Gasteiger partial charge on any atom is 0.165 e. The van der Waals surface area contributed by atoms with Crippen LogP contribution in [-0.2, 0) is 0 Å². The molecule has 2 aromatic rings. The Balaban J connectivity index is 2.04. The van der Waals surface area contributed by atoms with E-state index in [1.54, 1.807) is 6.07 Å². The Labute approximate surface area is 108 Å². The molecule has 0 aromatic heterocycles. The zero-order valence-electron chi connectivity index (χ0n) is 9.95. The fourth-order valence-electron chi connectivity index (χ4n) is 1.60. The fourth-order valence-corrected chi connectivity index (χ4v) is 1.60. The summed E-state index contributed by atoms with van der Waals surface area (Å²) < 4.78 is 44.3. The van der Waals surface area contributed by atoms with E-state index in [-0.39, 0.29) is 12.4 Å². The molecule has 0 aliphatic rings. The van der Waals surface area contributed by atoms with Crippen molar-refractivity contribution in [3.05, 3.63) is 65.5 Å². The first kappa shape index (κ1) is 13.4. The van der Waals surface area contributed by atoms with Crippen LogP contribution in [0.3, 0.4) is 0 Å². The van der Waals surface area contributed by atoms with E-state index in [4.69, 9.17) is 10.5 Å². The summed E-state index contributed by atoms with van der Waals surface area (Å²) in [4.78, 5) is 0. The van der Waals surface area contributed by atoms with Crippen LogP contribution in [0.5, 0.6) is 5.75 Å². The van der Waals surface area contributed by atoms with Crippen molar-refractivity contribution in [3.8, 4) is 5.75 Å². The summed E-state index contributed by atoms with van der Waals surface area (Å²) in [6, 6.07) is 8.00. The molecule has 0 spiro atoms. The third-order valence-electron chi connectivity index (χ3n) is 2.59. The molecule has 100 valence electrons. The molecule has 1 unspecified atom stereocenters. The van der Waals surface area contributed by atoms with Crippen LogP contribution in [-0.4, -0.2) is 6.61 Å². The van der Waals surface area contributed by atoms with Crippen LogP contribution >= 0.6 is 0 Å². The molecule has 0 saturated carbocycles. The molecule has 0 radical (unpaired) electrons. The molecule has 2 N–H and O–H groups in total. The van der Waals surface area contributed by atoms with Crippen molar-refractivity contribution in [3.63, 3.8) is 0 Å². The van der Waals surface area contributed by atoms with Gasteiger partial charge >= 0.3 is 0 Å². The quantitative estimate of drug-likeness (QED) is 0.923. The van der Waals surface area contributed by atoms with Gasteiger partial charge < -0.3 is 10.5 Å². The SMILES string of the molecule is NC(COc1cc(F)ccc1F)c1cccc(F)c1. The maximum absolute atomic E-state index is 13.3. The molecule has 0 aliphatic heterocycles. The van der Waals surface area contributed by atoms with Gasteiger partial charge in [0.1, 0.15) is 18.2 Å². The molecular weight excluding hydrogens is 255 g/mol. The molecule has 2 rings (SSSR count). The zero-order valence-corrected chi connectivity index (χ0v) is 9.95. The molecule has 19 heavy (non-hydrogen) atoms. The Hall–Kier alpha value is -2.01. The summed E-state index contributed by atoms with van der Waals surface area (Å²) in [6.45, 7) is -0.0795. The second-order valence-electron chi connectivity index (χ2n) is 4.05. The van der Waals surface area contributed by atoms with E-state index in [1.165, 1.54) is 18.2 Å². The molecule has 0 amide bonds. The summed E-state index contributed by atoms with van der Waals surface area (Å²) in [6.07, 6.45) is 0. The first-order valence-electron chi connectivity index (χ1n) is 5.65. The summed E-state index contributed by atoms with van der Waals surface area (Å²) in [5.74, 6) is -1.90.